The maximum atomic E-state index is 11.9. The maximum absolute atomic E-state index is 11.9. The number of aromatic nitrogens is 3. The van der Waals surface area contributed by atoms with E-state index in [-0.39, 0.29) is 0 Å². The normalized spacial score (nSPS) is 16.8. The number of hydrogen-bond donors (Lipinski definition) is 2. The van der Waals surface area contributed by atoms with Crippen LogP contribution in [0.5, 0.6) is 0 Å². The molecule has 0 spiro atoms. The lowest BCUT2D eigenvalue weighted by molar-refractivity contribution is 0.452. The van der Waals surface area contributed by atoms with Crippen molar-refractivity contribution in [2.45, 2.75) is 30.6 Å². The van der Waals surface area contributed by atoms with Crippen LogP contribution in [-0.4, -0.2) is 37.9 Å². The molecule has 0 bridgehead atoms. The molecule has 1 aliphatic heterocycles. The van der Waals surface area contributed by atoms with Gasteiger partial charge in [-0.05, 0) is 50.6 Å². The fraction of sp³-hybridized carbons (Fsp3) is 0.368. The summed E-state index contributed by atoms with van der Waals surface area (Å²) in [6.45, 7) is 4.06. The van der Waals surface area contributed by atoms with Crippen molar-refractivity contribution in [3.05, 3.63) is 41.9 Å². The Kier molecular flexibility index (Phi) is 4.50. The van der Waals surface area contributed by atoms with Crippen LogP contribution in [0.1, 0.15) is 30.0 Å². The molecule has 1 aliphatic rings. The third-order valence-corrected chi connectivity index (χ3v) is 6.03. The summed E-state index contributed by atoms with van der Waals surface area (Å²) in [4.78, 5) is 9.91. The molecule has 1 aromatic carbocycles. The monoisotopic (exact) mass is 369 g/mol. The third-order valence-electron chi connectivity index (χ3n) is 5.11. The standard InChI is InChI=1S/C19H23N5OS/c1-12-3-4-14(26(2)25)9-15(12)17-10-22-19-18(20)23-16(11-24(17)19)13-5-7-21-8-6-13/h3-4,9-11,13,21H,5-8H2,1-2H3,(H2,20,23). The Hall–Kier alpha value is -2.25. The van der Waals surface area contributed by atoms with Gasteiger partial charge in [0.05, 0.1) is 17.6 Å². The Morgan fingerprint density at radius 2 is 2.08 bits per heavy atom. The molecular weight excluding hydrogens is 346 g/mol. The summed E-state index contributed by atoms with van der Waals surface area (Å²) in [7, 11) is -1.03. The fourth-order valence-corrected chi connectivity index (χ4v) is 4.14. The molecule has 2 aromatic heterocycles. The average Bonchev–Trinajstić information content (AvgIpc) is 3.07. The third kappa shape index (κ3) is 3.01. The van der Waals surface area contributed by atoms with Crippen LogP contribution in [0.2, 0.25) is 0 Å². The molecule has 1 atom stereocenters. The highest BCUT2D eigenvalue weighted by Crippen LogP contribution is 2.30. The second-order valence-corrected chi connectivity index (χ2v) is 8.22. The van der Waals surface area contributed by atoms with Crippen molar-refractivity contribution in [3.8, 4) is 11.3 Å². The summed E-state index contributed by atoms with van der Waals surface area (Å²) < 4.78 is 13.9. The van der Waals surface area contributed by atoms with Crippen molar-refractivity contribution < 1.29 is 4.21 Å². The number of benzene rings is 1. The smallest absolute Gasteiger partial charge is 0.180 e. The minimum Gasteiger partial charge on any atom is -0.381 e. The largest absolute Gasteiger partial charge is 0.381 e. The first-order valence-corrected chi connectivity index (χ1v) is 10.4. The number of imidazole rings is 1. The Morgan fingerprint density at radius 3 is 2.81 bits per heavy atom. The molecule has 0 aliphatic carbocycles. The lowest BCUT2D eigenvalue weighted by atomic mass is 9.95. The predicted octanol–water partition coefficient (Wildman–Crippen LogP) is 2.49. The van der Waals surface area contributed by atoms with E-state index in [0.29, 0.717) is 17.4 Å². The maximum Gasteiger partial charge on any atom is 0.180 e. The zero-order valence-corrected chi connectivity index (χ0v) is 15.8. The van der Waals surface area contributed by atoms with Crippen LogP contribution >= 0.6 is 0 Å². The molecule has 136 valence electrons. The molecule has 3 heterocycles. The van der Waals surface area contributed by atoms with Crippen molar-refractivity contribution in [1.82, 2.24) is 19.7 Å². The number of aryl methyl sites for hydroxylation is 1. The van der Waals surface area contributed by atoms with Crippen LogP contribution in [0, 0.1) is 6.92 Å². The lowest BCUT2D eigenvalue weighted by Crippen LogP contribution is -2.27. The summed E-state index contributed by atoms with van der Waals surface area (Å²) in [6, 6.07) is 5.90. The number of nitrogen functional groups attached to an aromatic ring is 1. The fourth-order valence-electron chi connectivity index (χ4n) is 3.60. The molecule has 7 heteroatoms. The van der Waals surface area contributed by atoms with Gasteiger partial charge in [-0.1, -0.05) is 6.07 Å². The first-order valence-electron chi connectivity index (χ1n) is 8.83. The average molecular weight is 369 g/mol. The van der Waals surface area contributed by atoms with E-state index in [0.717, 1.165) is 53.3 Å². The van der Waals surface area contributed by atoms with Crippen molar-refractivity contribution >= 4 is 22.3 Å². The molecule has 1 saturated heterocycles. The zero-order chi connectivity index (χ0) is 18.3. The van der Waals surface area contributed by atoms with Gasteiger partial charge < -0.3 is 11.1 Å². The van der Waals surface area contributed by atoms with Gasteiger partial charge in [0, 0.05) is 39.6 Å². The molecule has 0 saturated carbocycles. The second-order valence-electron chi connectivity index (χ2n) is 6.84. The first kappa shape index (κ1) is 17.2. The number of rotatable bonds is 3. The van der Waals surface area contributed by atoms with Gasteiger partial charge in [0.2, 0.25) is 0 Å². The van der Waals surface area contributed by atoms with E-state index in [2.05, 4.69) is 28.4 Å². The Bertz CT molecular complexity index is 991. The summed E-state index contributed by atoms with van der Waals surface area (Å²) in [5, 5.41) is 3.39. The van der Waals surface area contributed by atoms with Crippen LogP contribution in [-0.2, 0) is 10.8 Å². The molecule has 26 heavy (non-hydrogen) atoms. The number of nitrogens with two attached hydrogens (primary N) is 1. The summed E-state index contributed by atoms with van der Waals surface area (Å²) >= 11 is 0. The lowest BCUT2D eigenvalue weighted by Gasteiger charge is -2.22. The molecule has 1 unspecified atom stereocenters. The highest BCUT2D eigenvalue weighted by atomic mass is 32.2. The van der Waals surface area contributed by atoms with E-state index < -0.39 is 10.8 Å². The molecule has 1 fully saturated rings. The van der Waals surface area contributed by atoms with E-state index in [9.17, 15) is 4.21 Å². The van der Waals surface area contributed by atoms with Gasteiger partial charge >= 0.3 is 0 Å². The number of fused-ring (bicyclic) bond motifs is 1. The topological polar surface area (TPSA) is 85.3 Å². The van der Waals surface area contributed by atoms with Gasteiger partial charge in [-0.2, -0.15) is 0 Å². The zero-order valence-electron chi connectivity index (χ0n) is 15.0. The molecule has 4 rings (SSSR count). The first-order chi connectivity index (χ1) is 12.5. The number of nitrogens with one attached hydrogen (secondary N) is 1. The molecular formula is C19H23N5OS. The van der Waals surface area contributed by atoms with Crippen LogP contribution in [0.4, 0.5) is 5.82 Å². The van der Waals surface area contributed by atoms with E-state index >= 15 is 0 Å². The molecule has 3 aromatic rings. The summed E-state index contributed by atoms with van der Waals surface area (Å²) in [5.74, 6) is 0.869. The van der Waals surface area contributed by atoms with Crippen LogP contribution < -0.4 is 11.1 Å². The summed E-state index contributed by atoms with van der Waals surface area (Å²) in [6.07, 6.45) is 7.71. The van der Waals surface area contributed by atoms with Gasteiger partial charge in [0.1, 0.15) is 0 Å². The highest BCUT2D eigenvalue weighted by molar-refractivity contribution is 7.84. The van der Waals surface area contributed by atoms with Gasteiger partial charge in [0.25, 0.3) is 0 Å². The minimum absolute atomic E-state index is 0.411. The highest BCUT2D eigenvalue weighted by Gasteiger charge is 2.20. The van der Waals surface area contributed by atoms with Gasteiger partial charge in [-0.25, -0.2) is 9.97 Å². The molecule has 0 radical (unpaired) electrons. The second kappa shape index (κ2) is 6.81. The van der Waals surface area contributed by atoms with Crippen LogP contribution in [0.25, 0.3) is 16.9 Å². The Labute approximate surface area is 155 Å². The minimum atomic E-state index is -1.03. The van der Waals surface area contributed by atoms with Crippen molar-refractivity contribution in [1.29, 1.82) is 0 Å². The number of piperidine rings is 1. The Balaban J connectivity index is 1.87. The SMILES string of the molecule is Cc1ccc(S(C)=O)cc1-c1cnc2c(N)nc(C3CCNCC3)cn12. The van der Waals surface area contributed by atoms with Crippen LogP contribution in [0.3, 0.4) is 0 Å². The molecule has 6 nitrogen and oxygen atoms in total. The van der Waals surface area contributed by atoms with Crippen molar-refractivity contribution in [2.75, 3.05) is 25.1 Å². The van der Waals surface area contributed by atoms with Gasteiger partial charge in [-0.3, -0.25) is 8.61 Å². The van der Waals surface area contributed by atoms with E-state index in [4.69, 9.17) is 5.73 Å². The van der Waals surface area contributed by atoms with Crippen LogP contribution in [0.15, 0.2) is 35.5 Å². The van der Waals surface area contributed by atoms with E-state index in [1.807, 2.05) is 28.8 Å². The predicted molar refractivity (Wildman–Crippen MR) is 105 cm³/mol. The number of nitrogens with zero attached hydrogens (tertiary/aromatic N) is 3. The quantitative estimate of drug-likeness (QED) is 0.741. The van der Waals surface area contributed by atoms with Gasteiger partial charge in [0.15, 0.2) is 11.5 Å². The van der Waals surface area contributed by atoms with E-state index in [1.165, 1.54) is 0 Å². The van der Waals surface area contributed by atoms with Crippen molar-refractivity contribution in [2.24, 2.45) is 0 Å². The molecule has 0 amide bonds. The van der Waals surface area contributed by atoms with E-state index in [1.54, 1.807) is 6.26 Å². The molecule has 3 N–H and O–H groups in total. The van der Waals surface area contributed by atoms with Gasteiger partial charge in [-0.15, -0.1) is 0 Å². The summed E-state index contributed by atoms with van der Waals surface area (Å²) in [5.41, 5.74) is 11.0. The number of hydrogen-bond acceptors (Lipinski definition) is 5. The number of anilines is 1. The Morgan fingerprint density at radius 1 is 1.31 bits per heavy atom. The van der Waals surface area contributed by atoms with Crippen molar-refractivity contribution in [3.63, 3.8) is 0 Å².